The minimum atomic E-state index is -2.89. The van der Waals surface area contributed by atoms with Gasteiger partial charge in [0.15, 0.2) is 17.2 Å². The predicted molar refractivity (Wildman–Crippen MR) is 206 cm³/mol. The van der Waals surface area contributed by atoms with Gasteiger partial charge in [0.2, 0.25) is 5.89 Å². The smallest absolute Gasteiger partial charge is 0.310 e. The van der Waals surface area contributed by atoms with Crippen LogP contribution in [0.2, 0.25) is 0 Å². The number of carboxylic acid groups (broad SMARTS) is 1. The van der Waals surface area contributed by atoms with Crippen molar-refractivity contribution in [1.29, 1.82) is 5.26 Å². The van der Waals surface area contributed by atoms with Crippen molar-refractivity contribution in [2.24, 2.45) is 5.41 Å². The lowest BCUT2D eigenvalue weighted by molar-refractivity contribution is -0.147. The van der Waals surface area contributed by atoms with Crippen LogP contribution in [0.15, 0.2) is 65.2 Å². The fourth-order valence-corrected chi connectivity index (χ4v) is 7.92. The Morgan fingerprint density at radius 1 is 1.00 bits per heavy atom. The van der Waals surface area contributed by atoms with E-state index in [9.17, 15) is 29.1 Å². The molecule has 8 rings (SSSR count). The van der Waals surface area contributed by atoms with Crippen molar-refractivity contribution in [3.05, 3.63) is 94.4 Å². The maximum Gasteiger partial charge on any atom is 0.310 e. The Hall–Kier alpha value is -5.88. The largest absolute Gasteiger partial charge is 0.481 e. The SMILES string of the molecule is Cc1c(Nc2nc(C(F)F)nc3cc(CN4CC[C@@H](O)C4)cnc23)cccc1-c1cccc(-c2nc3cc(CN4CC[C@@](C)(C(=O)O)C4)cc(C#N)c3o2)c1C. The first kappa shape index (κ1) is 37.1. The molecule has 3 aromatic carbocycles. The van der Waals surface area contributed by atoms with Crippen molar-refractivity contribution < 1.29 is 28.2 Å². The second kappa shape index (κ2) is 14.6. The normalized spacial score (nSPS) is 19.0. The second-order valence-electron chi connectivity index (χ2n) is 15.2. The summed E-state index contributed by atoms with van der Waals surface area (Å²) in [5.41, 5.74) is 7.70. The topological polar surface area (TPSA) is 165 Å². The van der Waals surface area contributed by atoms with E-state index < -0.39 is 23.6 Å². The van der Waals surface area contributed by atoms with E-state index in [2.05, 4.69) is 36.1 Å². The molecule has 0 spiro atoms. The number of hydrogen-bond donors (Lipinski definition) is 3. The van der Waals surface area contributed by atoms with Gasteiger partial charge >= 0.3 is 5.97 Å². The number of alkyl halides is 2. The summed E-state index contributed by atoms with van der Waals surface area (Å²) in [4.78, 5) is 33.7. The van der Waals surface area contributed by atoms with Gasteiger partial charge in [-0.25, -0.2) is 23.7 Å². The van der Waals surface area contributed by atoms with Crippen LogP contribution < -0.4 is 5.32 Å². The number of aromatic nitrogens is 4. The Kier molecular flexibility index (Phi) is 9.69. The van der Waals surface area contributed by atoms with Crippen molar-refractivity contribution in [3.8, 4) is 28.7 Å². The first-order valence-electron chi connectivity index (χ1n) is 18.5. The van der Waals surface area contributed by atoms with E-state index >= 15 is 0 Å². The molecule has 0 unspecified atom stereocenters. The molecule has 3 N–H and O–H groups in total. The molecular formula is C42H40F2N8O4. The van der Waals surface area contributed by atoms with Crippen LogP contribution in [-0.2, 0) is 17.9 Å². The molecule has 2 fully saturated rings. The molecule has 0 bridgehead atoms. The van der Waals surface area contributed by atoms with Crippen molar-refractivity contribution in [2.45, 2.75) is 59.2 Å². The third-order valence-corrected chi connectivity index (χ3v) is 11.0. The molecule has 286 valence electrons. The zero-order valence-corrected chi connectivity index (χ0v) is 31.2. The summed E-state index contributed by atoms with van der Waals surface area (Å²) in [6.07, 6.45) is -0.330. The van der Waals surface area contributed by atoms with E-state index in [0.717, 1.165) is 45.5 Å². The van der Waals surface area contributed by atoms with Gasteiger partial charge in [-0.15, -0.1) is 0 Å². The standard InChI is InChI=1S/C42H40F2N8O4/c1-23-29(6-4-8-31(23)40-49-34-15-25(14-27(17-45)36(34)56-40)19-52-13-11-42(3,22-52)41(54)55)30-7-5-9-32(24(30)2)47-38-35-33(48-39(50-38)37(43)44)16-26(18-46-35)20-51-12-10-28(53)21-51/h4-9,14-16,18,28,37,53H,10-13,19-22H2,1-3H3,(H,54,55)(H,47,48,50)/t28-,42-/m1/s1. The van der Waals surface area contributed by atoms with Gasteiger partial charge in [0.25, 0.3) is 6.43 Å². The molecule has 12 nitrogen and oxygen atoms in total. The van der Waals surface area contributed by atoms with Crippen LogP contribution in [0.4, 0.5) is 20.3 Å². The van der Waals surface area contributed by atoms with Crippen molar-refractivity contribution >= 4 is 39.6 Å². The molecular weight excluding hydrogens is 719 g/mol. The number of carbonyl (C=O) groups is 1. The van der Waals surface area contributed by atoms with Gasteiger partial charge in [-0.1, -0.05) is 24.3 Å². The Morgan fingerprint density at radius 2 is 1.73 bits per heavy atom. The number of oxazole rings is 1. The fourth-order valence-electron chi connectivity index (χ4n) is 7.92. The van der Waals surface area contributed by atoms with Crippen molar-refractivity contribution in [2.75, 3.05) is 31.5 Å². The van der Waals surface area contributed by atoms with Crippen LogP contribution in [0.5, 0.6) is 0 Å². The number of pyridine rings is 1. The quantitative estimate of drug-likeness (QED) is 0.126. The Bertz CT molecular complexity index is 2550. The van der Waals surface area contributed by atoms with Crippen LogP contribution in [0.3, 0.4) is 0 Å². The number of aliphatic hydroxyl groups is 1. The number of nitrogens with zero attached hydrogens (tertiary/aromatic N) is 7. The second-order valence-corrected chi connectivity index (χ2v) is 15.2. The number of anilines is 2. The average molecular weight is 759 g/mol. The Labute approximate surface area is 321 Å². The van der Waals surface area contributed by atoms with Gasteiger partial charge in [-0.2, -0.15) is 5.26 Å². The number of fused-ring (bicyclic) bond motifs is 2. The molecule has 14 heteroatoms. The lowest BCUT2D eigenvalue weighted by Crippen LogP contribution is -2.31. The molecule has 0 amide bonds. The van der Waals surface area contributed by atoms with E-state index in [4.69, 9.17) is 9.40 Å². The summed E-state index contributed by atoms with van der Waals surface area (Å²) in [6, 6.07) is 19.2. The number of benzene rings is 3. The van der Waals surface area contributed by atoms with E-state index in [1.807, 2.05) is 56.3 Å². The summed E-state index contributed by atoms with van der Waals surface area (Å²) in [5, 5.41) is 32.9. The van der Waals surface area contributed by atoms with Crippen molar-refractivity contribution in [1.82, 2.24) is 29.7 Å². The van der Waals surface area contributed by atoms with Crippen LogP contribution in [0.25, 0.3) is 44.7 Å². The highest BCUT2D eigenvalue weighted by molar-refractivity contribution is 5.90. The predicted octanol–water partition coefficient (Wildman–Crippen LogP) is 7.53. The number of carboxylic acids is 1. The summed E-state index contributed by atoms with van der Waals surface area (Å²) in [5.74, 6) is -0.886. The number of nitrogens with one attached hydrogen (secondary N) is 1. The van der Waals surface area contributed by atoms with Gasteiger partial charge in [-0.05, 0) is 104 Å². The number of hydrogen-bond acceptors (Lipinski definition) is 11. The highest BCUT2D eigenvalue weighted by atomic mass is 19.3. The highest BCUT2D eigenvalue weighted by Crippen LogP contribution is 2.38. The van der Waals surface area contributed by atoms with E-state index in [1.165, 1.54) is 0 Å². The number of aliphatic carboxylic acids is 1. The third kappa shape index (κ3) is 7.05. The van der Waals surface area contributed by atoms with Gasteiger partial charge in [0, 0.05) is 50.2 Å². The van der Waals surface area contributed by atoms with Crippen LogP contribution in [-0.4, -0.2) is 78.2 Å². The van der Waals surface area contributed by atoms with Crippen LogP contribution in [0.1, 0.15) is 59.8 Å². The summed E-state index contributed by atoms with van der Waals surface area (Å²) < 4.78 is 34.4. The number of likely N-dealkylation sites (tertiary alicyclic amines) is 2. The first-order chi connectivity index (χ1) is 26.9. The number of nitriles is 1. The molecule has 2 aliphatic rings. The number of rotatable bonds is 10. The number of β-amino-alcohol motifs (C(OH)–C–C–N with tert-alkyl or cyclic N) is 1. The minimum absolute atomic E-state index is 0.166. The zero-order valence-electron chi connectivity index (χ0n) is 31.2. The molecule has 2 atom stereocenters. The third-order valence-electron chi connectivity index (χ3n) is 11.0. The summed E-state index contributed by atoms with van der Waals surface area (Å²) in [7, 11) is 0. The molecule has 0 saturated carbocycles. The fraction of sp³-hybridized carbons (Fsp3) is 0.333. The number of aliphatic hydroxyl groups excluding tert-OH is 1. The molecule has 0 aliphatic carbocycles. The molecule has 5 heterocycles. The molecule has 2 aliphatic heterocycles. The minimum Gasteiger partial charge on any atom is -0.481 e. The summed E-state index contributed by atoms with van der Waals surface area (Å²) >= 11 is 0. The molecule has 56 heavy (non-hydrogen) atoms. The number of halogens is 2. The van der Waals surface area contributed by atoms with E-state index in [1.54, 1.807) is 25.3 Å². The maximum absolute atomic E-state index is 14.1. The highest BCUT2D eigenvalue weighted by Gasteiger charge is 2.40. The van der Waals surface area contributed by atoms with Crippen LogP contribution in [0, 0.1) is 30.6 Å². The zero-order chi connectivity index (χ0) is 39.3. The van der Waals surface area contributed by atoms with Gasteiger partial charge in [-0.3, -0.25) is 19.6 Å². The Morgan fingerprint density at radius 3 is 2.45 bits per heavy atom. The average Bonchev–Trinajstić information content (AvgIpc) is 3.90. The van der Waals surface area contributed by atoms with Crippen molar-refractivity contribution in [3.63, 3.8) is 0 Å². The van der Waals surface area contributed by atoms with E-state index in [0.29, 0.717) is 84.8 Å². The molecule has 3 aromatic heterocycles. The lowest BCUT2D eigenvalue weighted by atomic mass is 9.90. The lowest BCUT2D eigenvalue weighted by Gasteiger charge is -2.20. The maximum atomic E-state index is 14.1. The molecule has 2 saturated heterocycles. The van der Waals surface area contributed by atoms with Gasteiger partial charge in [0.1, 0.15) is 17.1 Å². The molecule has 0 radical (unpaired) electrons. The molecule has 6 aromatic rings. The summed E-state index contributed by atoms with van der Waals surface area (Å²) in [6.45, 7) is 9.04. The van der Waals surface area contributed by atoms with Gasteiger partial charge < -0.3 is 19.9 Å². The Balaban J connectivity index is 1.09. The van der Waals surface area contributed by atoms with Gasteiger partial charge in [0.05, 0.1) is 22.6 Å². The van der Waals surface area contributed by atoms with Crippen LogP contribution >= 0.6 is 0 Å². The first-order valence-corrected chi connectivity index (χ1v) is 18.5. The van der Waals surface area contributed by atoms with E-state index in [-0.39, 0.29) is 11.9 Å². The monoisotopic (exact) mass is 758 g/mol.